The Kier molecular flexibility index (Phi) is 34.3. The van der Waals surface area contributed by atoms with Gasteiger partial charge in [0.2, 0.25) is 0 Å². The summed E-state index contributed by atoms with van der Waals surface area (Å²) in [6.45, 7) is 2.51. The lowest BCUT2D eigenvalue weighted by Crippen LogP contribution is -2.61. The Morgan fingerprint density at radius 2 is 0.797 bits per heavy atom. The monoisotopic (exact) mass is 921 g/mol. The second-order valence-electron chi connectivity index (χ2n) is 18.4. The molecule has 2 fully saturated rings. The molecule has 0 radical (unpaired) electrons. The standard InChI is InChI=1S/C49H92O15/c1-3-5-7-9-10-11-12-13-14-15-16-17-18-19-20-21-22-23-24-25-26-28-30-32-41(52)62-37(34-59-40(51)31-29-27-8-6-4-2)35-60-48-47(58)45(56)43(54)39(64-48)36-61-49-46(57)44(55)42(53)38(33-50)63-49/h37-39,42-50,53-58H,3-36H2,1-2H3. The zero-order valence-electron chi connectivity index (χ0n) is 39.8. The number of hydrogen-bond acceptors (Lipinski definition) is 15. The maximum atomic E-state index is 12.9. The summed E-state index contributed by atoms with van der Waals surface area (Å²) in [4.78, 5) is 25.4. The summed E-state index contributed by atoms with van der Waals surface area (Å²) in [6, 6.07) is 0. The SMILES string of the molecule is CCCCCCCCCCCCCCCCCCCCCCCCCC(=O)OC(COC(=O)CCCCCCC)COC1OC(COC2OC(CO)C(O)C(O)C2O)C(O)C(O)C1O. The number of carbonyl (C=O) groups excluding carboxylic acids is 2. The number of unbranched alkanes of at least 4 members (excludes halogenated alkanes) is 26. The molecule has 11 unspecified atom stereocenters. The summed E-state index contributed by atoms with van der Waals surface area (Å²) in [5.41, 5.74) is 0. The van der Waals surface area contributed by atoms with Crippen LogP contribution in [-0.2, 0) is 38.0 Å². The van der Waals surface area contributed by atoms with Gasteiger partial charge in [-0.05, 0) is 12.8 Å². The second-order valence-corrected chi connectivity index (χ2v) is 18.4. The van der Waals surface area contributed by atoms with E-state index in [1.54, 1.807) is 0 Å². The molecule has 2 heterocycles. The second kappa shape index (κ2) is 37.5. The lowest BCUT2D eigenvalue weighted by molar-refractivity contribution is -0.332. The molecule has 2 aliphatic heterocycles. The molecule has 378 valence electrons. The van der Waals surface area contributed by atoms with E-state index >= 15 is 0 Å². The number of ether oxygens (including phenoxy) is 6. The number of hydrogen-bond donors (Lipinski definition) is 7. The van der Waals surface area contributed by atoms with E-state index in [9.17, 15) is 45.3 Å². The van der Waals surface area contributed by atoms with Crippen molar-refractivity contribution in [2.24, 2.45) is 0 Å². The first-order chi connectivity index (χ1) is 31.0. The van der Waals surface area contributed by atoms with Crippen LogP contribution in [0.2, 0.25) is 0 Å². The lowest BCUT2D eigenvalue weighted by atomic mass is 9.98. The van der Waals surface area contributed by atoms with Crippen molar-refractivity contribution in [3.05, 3.63) is 0 Å². The predicted molar refractivity (Wildman–Crippen MR) is 243 cm³/mol. The molecule has 0 bridgehead atoms. The van der Waals surface area contributed by atoms with Gasteiger partial charge in [-0.2, -0.15) is 0 Å². The number of rotatable bonds is 40. The number of aliphatic hydroxyl groups excluding tert-OH is 7. The van der Waals surface area contributed by atoms with Crippen LogP contribution >= 0.6 is 0 Å². The highest BCUT2D eigenvalue weighted by molar-refractivity contribution is 5.70. The van der Waals surface area contributed by atoms with Crippen molar-refractivity contribution in [2.75, 3.05) is 26.4 Å². The molecule has 0 spiro atoms. The van der Waals surface area contributed by atoms with E-state index in [1.165, 1.54) is 122 Å². The van der Waals surface area contributed by atoms with E-state index in [0.717, 1.165) is 44.9 Å². The molecule has 0 aromatic carbocycles. The fourth-order valence-electron chi connectivity index (χ4n) is 8.34. The van der Waals surface area contributed by atoms with E-state index in [-0.39, 0.29) is 26.1 Å². The van der Waals surface area contributed by atoms with Gasteiger partial charge in [0.05, 0.1) is 19.8 Å². The highest BCUT2D eigenvalue weighted by Crippen LogP contribution is 2.26. The average Bonchev–Trinajstić information content (AvgIpc) is 3.29. The summed E-state index contributed by atoms with van der Waals surface area (Å²) < 4.78 is 33.4. The molecule has 0 aliphatic carbocycles. The van der Waals surface area contributed by atoms with Crippen LogP contribution in [0.15, 0.2) is 0 Å². The third kappa shape index (κ3) is 25.6. The molecule has 15 nitrogen and oxygen atoms in total. The molecule has 7 N–H and O–H groups in total. The van der Waals surface area contributed by atoms with Gasteiger partial charge in [0.25, 0.3) is 0 Å². The van der Waals surface area contributed by atoms with Gasteiger partial charge in [-0.15, -0.1) is 0 Å². The van der Waals surface area contributed by atoms with Gasteiger partial charge >= 0.3 is 11.9 Å². The van der Waals surface area contributed by atoms with Gasteiger partial charge < -0.3 is 64.2 Å². The summed E-state index contributed by atoms with van der Waals surface area (Å²) in [7, 11) is 0. The zero-order chi connectivity index (χ0) is 46.8. The lowest BCUT2D eigenvalue weighted by Gasteiger charge is -2.42. The highest BCUT2D eigenvalue weighted by atomic mass is 16.7. The molecule has 64 heavy (non-hydrogen) atoms. The first kappa shape index (κ1) is 58.6. The Labute approximate surface area is 385 Å². The normalized spacial score (nSPS) is 26.5. The van der Waals surface area contributed by atoms with Crippen LogP contribution in [0.25, 0.3) is 0 Å². The third-order valence-corrected chi connectivity index (χ3v) is 12.6. The minimum atomic E-state index is -1.76. The fourth-order valence-corrected chi connectivity index (χ4v) is 8.34. The maximum absolute atomic E-state index is 12.9. The largest absolute Gasteiger partial charge is 0.462 e. The molecular weight excluding hydrogens is 829 g/mol. The Bertz CT molecular complexity index is 1130. The van der Waals surface area contributed by atoms with Gasteiger partial charge in [-0.25, -0.2) is 0 Å². The Morgan fingerprint density at radius 1 is 0.438 bits per heavy atom. The van der Waals surface area contributed by atoms with E-state index < -0.39 is 92.7 Å². The summed E-state index contributed by atoms with van der Waals surface area (Å²) in [5.74, 6) is -0.927. The molecule has 2 saturated heterocycles. The molecule has 0 amide bonds. The van der Waals surface area contributed by atoms with Gasteiger partial charge in [-0.1, -0.05) is 181 Å². The molecular formula is C49H92O15. The van der Waals surface area contributed by atoms with Crippen LogP contribution in [0.5, 0.6) is 0 Å². The predicted octanol–water partition coefficient (Wildman–Crippen LogP) is 6.82. The smallest absolute Gasteiger partial charge is 0.306 e. The molecule has 2 rings (SSSR count). The van der Waals surface area contributed by atoms with Crippen LogP contribution < -0.4 is 0 Å². The third-order valence-electron chi connectivity index (χ3n) is 12.6. The van der Waals surface area contributed by atoms with Crippen molar-refractivity contribution in [1.29, 1.82) is 0 Å². The van der Waals surface area contributed by atoms with Crippen LogP contribution in [0.4, 0.5) is 0 Å². The van der Waals surface area contributed by atoms with Crippen LogP contribution in [0, 0.1) is 0 Å². The van der Waals surface area contributed by atoms with Crippen molar-refractivity contribution in [3.8, 4) is 0 Å². The van der Waals surface area contributed by atoms with Crippen molar-refractivity contribution in [3.63, 3.8) is 0 Å². The molecule has 0 aromatic heterocycles. The highest BCUT2D eigenvalue weighted by Gasteiger charge is 2.47. The van der Waals surface area contributed by atoms with Crippen LogP contribution in [-0.4, -0.2) is 142 Å². The van der Waals surface area contributed by atoms with Gasteiger partial charge in [0.15, 0.2) is 18.7 Å². The van der Waals surface area contributed by atoms with E-state index in [1.807, 2.05) is 0 Å². The molecule has 2 aliphatic rings. The van der Waals surface area contributed by atoms with E-state index in [4.69, 9.17) is 28.4 Å². The van der Waals surface area contributed by atoms with Crippen molar-refractivity contribution in [2.45, 2.75) is 274 Å². The van der Waals surface area contributed by atoms with Gasteiger partial charge in [-0.3, -0.25) is 9.59 Å². The van der Waals surface area contributed by atoms with Crippen molar-refractivity contribution < 1.29 is 73.8 Å². The van der Waals surface area contributed by atoms with E-state index in [0.29, 0.717) is 12.8 Å². The Morgan fingerprint density at radius 3 is 1.22 bits per heavy atom. The molecule has 0 saturated carbocycles. The summed E-state index contributed by atoms with van der Waals surface area (Å²) >= 11 is 0. The minimum absolute atomic E-state index is 0.173. The number of carbonyl (C=O) groups is 2. The average molecular weight is 921 g/mol. The van der Waals surface area contributed by atoms with Gasteiger partial charge in [0.1, 0.15) is 55.4 Å². The Hall–Kier alpha value is -1.50. The van der Waals surface area contributed by atoms with Crippen LogP contribution in [0.1, 0.15) is 206 Å². The van der Waals surface area contributed by atoms with Crippen molar-refractivity contribution >= 4 is 11.9 Å². The first-order valence-electron chi connectivity index (χ1n) is 25.6. The summed E-state index contributed by atoms with van der Waals surface area (Å²) in [6.07, 6.45) is 17.8. The maximum Gasteiger partial charge on any atom is 0.306 e. The Balaban J connectivity index is 1.68. The van der Waals surface area contributed by atoms with Gasteiger partial charge in [0, 0.05) is 12.8 Å². The van der Waals surface area contributed by atoms with Crippen molar-refractivity contribution in [1.82, 2.24) is 0 Å². The quantitative estimate of drug-likeness (QED) is 0.0247. The van der Waals surface area contributed by atoms with E-state index in [2.05, 4.69) is 13.8 Å². The topological polar surface area (TPSA) is 231 Å². The zero-order valence-corrected chi connectivity index (χ0v) is 39.8. The minimum Gasteiger partial charge on any atom is -0.462 e. The molecule has 0 aromatic rings. The summed E-state index contributed by atoms with van der Waals surface area (Å²) in [5, 5.41) is 71.8. The molecule has 11 atom stereocenters. The number of esters is 2. The molecule has 15 heteroatoms. The number of aliphatic hydroxyl groups is 7. The van der Waals surface area contributed by atoms with Crippen LogP contribution in [0.3, 0.4) is 0 Å². The first-order valence-corrected chi connectivity index (χ1v) is 25.6. The fraction of sp³-hybridized carbons (Fsp3) is 0.959.